The third-order valence-electron chi connectivity index (χ3n) is 7.87. The summed E-state index contributed by atoms with van der Waals surface area (Å²) < 4.78 is 28.3. The van der Waals surface area contributed by atoms with Crippen LogP contribution in [0.5, 0.6) is 0 Å². The van der Waals surface area contributed by atoms with E-state index in [-0.39, 0.29) is 35.1 Å². The summed E-state index contributed by atoms with van der Waals surface area (Å²) in [5.74, 6) is -1.52. The van der Waals surface area contributed by atoms with E-state index in [2.05, 4.69) is 10.2 Å². The van der Waals surface area contributed by atoms with Gasteiger partial charge in [0.1, 0.15) is 11.6 Å². The SMILES string of the molecule is CCCC(=O)Nc1ccc(C(=O)N2CCN3CCN(C(=O)c4ccc(-c5ccc(F)cc5)cc4F)CC3C2)cc1C. The van der Waals surface area contributed by atoms with Crippen molar-refractivity contribution in [3.05, 3.63) is 89.0 Å². The van der Waals surface area contributed by atoms with Gasteiger partial charge in [0.15, 0.2) is 0 Å². The molecule has 0 spiro atoms. The Morgan fingerprint density at radius 1 is 0.829 bits per heavy atom. The summed E-state index contributed by atoms with van der Waals surface area (Å²) in [6.07, 6.45) is 1.20. The number of carbonyl (C=O) groups excluding carboxylic acids is 3. The number of rotatable bonds is 6. The lowest BCUT2D eigenvalue weighted by Gasteiger charge is -2.47. The van der Waals surface area contributed by atoms with Crippen molar-refractivity contribution < 1.29 is 23.2 Å². The van der Waals surface area contributed by atoms with Crippen molar-refractivity contribution in [1.82, 2.24) is 14.7 Å². The fourth-order valence-corrected chi connectivity index (χ4v) is 5.56. The molecule has 2 heterocycles. The first-order valence-corrected chi connectivity index (χ1v) is 14.0. The highest BCUT2D eigenvalue weighted by Crippen LogP contribution is 2.25. The smallest absolute Gasteiger partial charge is 0.256 e. The van der Waals surface area contributed by atoms with E-state index >= 15 is 4.39 Å². The molecule has 0 saturated carbocycles. The minimum atomic E-state index is -0.621. The topological polar surface area (TPSA) is 73.0 Å². The number of nitrogens with one attached hydrogen (secondary N) is 1. The van der Waals surface area contributed by atoms with Crippen LogP contribution in [0, 0.1) is 18.6 Å². The van der Waals surface area contributed by atoms with Crippen LogP contribution in [0.1, 0.15) is 46.0 Å². The normalized spacial score (nSPS) is 17.2. The highest BCUT2D eigenvalue weighted by atomic mass is 19.1. The Kier molecular flexibility index (Phi) is 8.44. The maximum absolute atomic E-state index is 15.1. The van der Waals surface area contributed by atoms with Crippen LogP contribution in [0.15, 0.2) is 60.7 Å². The number of halogens is 2. The molecule has 7 nitrogen and oxygen atoms in total. The van der Waals surface area contributed by atoms with Crippen LogP contribution in [0.3, 0.4) is 0 Å². The van der Waals surface area contributed by atoms with Crippen LogP contribution in [0.4, 0.5) is 14.5 Å². The second kappa shape index (κ2) is 12.2. The minimum absolute atomic E-state index is 0.00496. The van der Waals surface area contributed by atoms with Gasteiger partial charge in [0, 0.05) is 63.0 Å². The maximum Gasteiger partial charge on any atom is 0.256 e. The van der Waals surface area contributed by atoms with Crippen LogP contribution in [-0.4, -0.2) is 77.7 Å². The number of piperazine rings is 2. The molecule has 5 rings (SSSR count). The molecule has 1 atom stereocenters. The quantitative estimate of drug-likeness (QED) is 0.463. The van der Waals surface area contributed by atoms with E-state index < -0.39 is 5.82 Å². The first-order valence-electron chi connectivity index (χ1n) is 14.0. The van der Waals surface area contributed by atoms with Crippen molar-refractivity contribution in [3.8, 4) is 11.1 Å². The lowest BCUT2D eigenvalue weighted by atomic mass is 10.0. The average Bonchev–Trinajstić information content (AvgIpc) is 2.97. The van der Waals surface area contributed by atoms with Crippen LogP contribution < -0.4 is 5.32 Å². The van der Waals surface area contributed by atoms with Gasteiger partial charge in [-0.1, -0.05) is 25.1 Å². The molecule has 214 valence electrons. The number of benzene rings is 3. The van der Waals surface area contributed by atoms with E-state index in [1.165, 1.54) is 24.3 Å². The third-order valence-corrected chi connectivity index (χ3v) is 7.87. The highest BCUT2D eigenvalue weighted by Gasteiger charge is 2.36. The van der Waals surface area contributed by atoms with Gasteiger partial charge in [-0.2, -0.15) is 0 Å². The first kappa shape index (κ1) is 28.4. The Hall–Kier alpha value is -4.11. The maximum atomic E-state index is 15.1. The molecule has 2 aliphatic heterocycles. The lowest BCUT2D eigenvalue weighted by Crippen LogP contribution is -2.63. The summed E-state index contributed by atoms with van der Waals surface area (Å²) in [5, 5.41) is 2.89. The molecule has 2 saturated heterocycles. The molecule has 0 aromatic heterocycles. The summed E-state index contributed by atoms with van der Waals surface area (Å²) in [4.78, 5) is 44.4. The summed E-state index contributed by atoms with van der Waals surface area (Å²) in [6.45, 7) is 7.08. The Balaban J connectivity index is 1.24. The van der Waals surface area contributed by atoms with E-state index in [0.29, 0.717) is 68.1 Å². The molecule has 1 unspecified atom stereocenters. The van der Waals surface area contributed by atoms with Gasteiger partial charge in [-0.25, -0.2) is 8.78 Å². The fraction of sp³-hybridized carbons (Fsp3) is 0.344. The van der Waals surface area contributed by atoms with Gasteiger partial charge in [-0.05, 0) is 72.5 Å². The second-order valence-electron chi connectivity index (χ2n) is 10.7. The number of hydrogen-bond acceptors (Lipinski definition) is 4. The molecule has 2 fully saturated rings. The largest absolute Gasteiger partial charge is 0.336 e. The molecule has 3 aromatic carbocycles. The molecular formula is C32H34F2N4O3. The lowest BCUT2D eigenvalue weighted by molar-refractivity contribution is -0.116. The molecule has 0 radical (unpaired) electrons. The predicted molar refractivity (Wildman–Crippen MR) is 154 cm³/mol. The monoisotopic (exact) mass is 560 g/mol. The minimum Gasteiger partial charge on any atom is -0.336 e. The number of anilines is 1. The van der Waals surface area contributed by atoms with Crippen molar-refractivity contribution >= 4 is 23.4 Å². The van der Waals surface area contributed by atoms with Gasteiger partial charge in [0.2, 0.25) is 5.91 Å². The van der Waals surface area contributed by atoms with Crippen molar-refractivity contribution in [2.24, 2.45) is 0 Å². The molecule has 0 bridgehead atoms. The summed E-state index contributed by atoms with van der Waals surface area (Å²) in [6, 6.07) is 15.5. The van der Waals surface area contributed by atoms with Gasteiger partial charge in [0.25, 0.3) is 11.8 Å². The van der Waals surface area contributed by atoms with Crippen LogP contribution >= 0.6 is 0 Å². The Bertz CT molecular complexity index is 1460. The number of amides is 3. The average molecular weight is 561 g/mol. The molecule has 1 N–H and O–H groups in total. The molecular weight excluding hydrogens is 526 g/mol. The fourth-order valence-electron chi connectivity index (χ4n) is 5.56. The molecule has 3 aromatic rings. The van der Waals surface area contributed by atoms with Crippen molar-refractivity contribution in [3.63, 3.8) is 0 Å². The number of nitrogens with zero attached hydrogens (tertiary/aromatic N) is 3. The molecule has 0 aliphatic carbocycles. The summed E-state index contributed by atoms with van der Waals surface area (Å²) in [5.41, 5.74) is 3.30. The predicted octanol–water partition coefficient (Wildman–Crippen LogP) is 4.96. The Labute approximate surface area is 238 Å². The van der Waals surface area contributed by atoms with Crippen LogP contribution in [-0.2, 0) is 4.79 Å². The van der Waals surface area contributed by atoms with Gasteiger partial charge >= 0.3 is 0 Å². The molecule has 41 heavy (non-hydrogen) atoms. The molecule has 9 heteroatoms. The van der Waals surface area contributed by atoms with Crippen molar-refractivity contribution in [2.75, 3.05) is 44.6 Å². The first-order chi connectivity index (χ1) is 19.7. The number of hydrogen-bond donors (Lipinski definition) is 1. The zero-order valence-electron chi connectivity index (χ0n) is 23.3. The number of fused-ring (bicyclic) bond motifs is 1. The molecule has 3 amide bonds. The summed E-state index contributed by atoms with van der Waals surface area (Å²) >= 11 is 0. The van der Waals surface area contributed by atoms with Crippen molar-refractivity contribution in [2.45, 2.75) is 32.7 Å². The molecule has 2 aliphatic rings. The van der Waals surface area contributed by atoms with Gasteiger partial charge in [-0.3, -0.25) is 19.3 Å². The second-order valence-corrected chi connectivity index (χ2v) is 10.7. The van der Waals surface area contributed by atoms with Crippen molar-refractivity contribution in [1.29, 1.82) is 0 Å². The Morgan fingerprint density at radius 3 is 2.12 bits per heavy atom. The number of aryl methyl sites for hydroxylation is 1. The van der Waals surface area contributed by atoms with E-state index in [1.807, 2.05) is 13.8 Å². The standard InChI is InChI=1S/C32H34F2N4O3/c1-3-4-30(39)35-29-12-8-24(17-21(29)2)31(40)37-15-13-36-14-16-38(20-26(36)19-37)32(41)27-11-7-23(18-28(27)34)22-5-9-25(33)10-6-22/h5-12,17-18,26H,3-4,13-16,19-20H2,1-2H3,(H,35,39). The number of carbonyl (C=O) groups is 3. The van der Waals surface area contributed by atoms with Crippen LogP contribution in [0.25, 0.3) is 11.1 Å². The summed E-state index contributed by atoms with van der Waals surface area (Å²) in [7, 11) is 0. The van der Waals surface area contributed by atoms with Crippen LogP contribution in [0.2, 0.25) is 0 Å². The van der Waals surface area contributed by atoms with E-state index in [0.717, 1.165) is 12.0 Å². The zero-order chi connectivity index (χ0) is 29.1. The van der Waals surface area contributed by atoms with Gasteiger partial charge in [0.05, 0.1) is 5.56 Å². The van der Waals surface area contributed by atoms with E-state index in [1.54, 1.807) is 46.2 Å². The van der Waals surface area contributed by atoms with E-state index in [9.17, 15) is 18.8 Å². The van der Waals surface area contributed by atoms with E-state index in [4.69, 9.17) is 0 Å². The Morgan fingerprint density at radius 2 is 1.49 bits per heavy atom. The van der Waals surface area contributed by atoms with Gasteiger partial charge < -0.3 is 15.1 Å². The zero-order valence-corrected chi connectivity index (χ0v) is 23.3. The van der Waals surface area contributed by atoms with Gasteiger partial charge in [-0.15, -0.1) is 0 Å². The third kappa shape index (κ3) is 6.30. The highest BCUT2D eigenvalue weighted by molar-refractivity contribution is 5.97.